The topological polar surface area (TPSA) is 17.0 Å². The van der Waals surface area contributed by atoms with E-state index >= 15 is 0 Å². The number of hydrogen-bond acceptors (Lipinski definition) is 1. The Morgan fingerprint density at radius 2 is 1.48 bits per heavy atom. The zero-order valence-electron chi connectivity index (χ0n) is 16.0. The van der Waals surface area contributed by atoms with Crippen molar-refractivity contribution in [2.75, 3.05) is 5.32 Å². The molecule has 4 rings (SSSR count). The molecule has 1 heterocycles. The number of fused-ring (bicyclic) bond motifs is 1. The van der Waals surface area contributed by atoms with E-state index in [0.717, 1.165) is 17.8 Å². The lowest BCUT2D eigenvalue weighted by Crippen LogP contribution is -1.98. The number of nitrogens with one attached hydrogen (secondary N) is 1. The van der Waals surface area contributed by atoms with Crippen molar-refractivity contribution in [3.63, 3.8) is 0 Å². The van der Waals surface area contributed by atoms with Gasteiger partial charge in [-0.1, -0.05) is 49.4 Å². The fourth-order valence-corrected chi connectivity index (χ4v) is 3.18. The van der Waals surface area contributed by atoms with Gasteiger partial charge in [0.15, 0.2) is 0 Å². The molecule has 27 heavy (non-hydrogen) atoms. The van der Waals surface area contributed by atoms with Gasteiger partial charge < -0.3 is 9.88 Å². The summed E-state index contributed by atoms with van der Waals surface area (Å²) >= 11 is 0. The summed E-state index contributed by atoms with van der Waals surface area (Å²) in [5.41, 5.74) is 6.01. The Hall–Kier alpha value is -3.26. The standard InChI is InChI=1S/C22H20N2.C3H6/c1-2-20-16-17-15-19(23-18-9-5-3-6-10-18)13-14-22(17)24(20)21-11-7-4-8-12-21;1-3-2/h3-16,23H,2H2,1H3;3H,1H2,2H3. The number of allylic oxidation sites excluding steroid dienone is 1. The van der Waals surface area contributed by atoms with Crippen LogP contribution in [0.1, 0.15) is 19.5 Å². The highest BCUT2D eigenvalue weighted by Crippen LogP contribution is 2.28. The molecule has 3 aromatic carbocycles. The van der Waals surface area contributed by atoms with E-state index in [0.29, 0.717) is 0 Å². The van der Waals surface area contributed by atoms with Gasteiger partial charge in [-0.15, -0.1) is 6.58 Å². The summed E-state index contributed by atoms with van der Waals surface area (Å²) in [6.45, 7) is 7.46. The van der Waals surface area contributed by atoms with E-state index in [1.807, 2.05) is 25.1 Å². The number of benzene rings is 3. The lowest BCUT2D eigenvalue weighted by atomic mass is 10.2. The summed E-state index contributed by atoms with van der Waals surface area (Å²) in [7, 11) is 0. The second kappa shape index (κ2) is 8.91. The van der Waals surface area contributed by atoms with Crippen LogP contribution in [0.5, 0.6) is 0 Å². The Balaban J connectivity index is 0.000000659. The average Bonchev–Trinajstić information content (AvgIpc) is 3.08. The van der Waals surface area contributed by atoms with E-state index in [1.165, 1.54) is 22.3 Å². The van der Waals surface area contributed by atoms with E-state index in [2.05, 4.69) is 90.1 Å². The van der Waals surface area contributed by atoms with Crippen LogP contribution in [-0.2, 0) is 6.42 Å². The molecule has 0 aliphatic carbocycles. The molecule has 0 bridgehead atoms. The molecule has 0 fully saturated rings. The highest BCUT2D eigenvalue weighted by molar-refractivity contribution is 5.87. The van der Waals surface area contributed by atoms with E-state index < -0.39 is 0 Å². The molecule has 0 unspecified atom stereocenters. The zero-order chi connectivity index (χ0) is 19.1. The highest BCUT2D eigenvalue weighted by Gasteiger charge is 2.09. The number of aromatic nitrogens is 1. The van der Waals surface area contributed by atoms with Gasteiger partial charge in [0.2, 0.25) is 0 Å². The van der Waals surface area contributed by atoms with E-state index in [1.54, 1.807) is 6.08 Å². The normalized spacial score (nSPS) is 10.1. The molecule has 0 radical (unpaired) electrons. The van der Waals surface area contributed by atoms with Gasteiger partial charge in [0.1, 0.15) is 0 Å². The third-order valence-electron chi connectivity index (χ3n) is 4.32. The minimum absolute atomic E-state index is 1.00. The maximum absolute atomic E-state index is 3.47. The van der Waals surface area contributed by atoms with Crippen molar-refractivity contribution in [2.45, 2.75) is 20.3 Å². The van der Waals surface area contributed by atoms with Gasteiger partial charge in [0, 0.05) is 28.1 Å². The van der Waals surface area contributed by atoms with Crippen LogP contribution < -0.4 is 5.32 Å². The van der Waals surface area contributed by atoms with Gasteiger partial charge in [0.05, 0.1) is 5.52 Å². The molecule has 136 valence electrons. The van der Waals surface area contributed by atoms with Crippen molar-refractivity contribution in [1.29, 1.82) is 0 Å². The fourth-order valence-electron chi connectivity index (χ4n) is 3.18. The van der Waals surface area contributed by atoms with Gasteiger partial charge in [-0.05, 0) is 61.9 Å². The van der Waals surface area contributed by atoms with Crippen LogP contribution in [0, 0.1) is 0 Å². The van der Waals surface area contributed by atoms with Crippen LogP contribution in [0.2, 0.25) is 0 Å². The first-order valence-corrected chi connectivity index (χ1v) is 9.35. The van der Waals surface area contributed by atoms with Crippen LogP contribution in [0.4, 0.5) is 11.4 Å². The second-order valence-corrected chi connectivity index (χ2v) is 6.33. The lowest BCUT2D eigenvalue weighted by Gasteiger charge is -2.10. The van der Waals surface area contributed by atoms with Crippen LogP contribution in [0.25, 0.3) is 16.6 Å². The fraction of sp³-hybridized carbons (Fsp3) is 0.120. The predicted octanol–water partition coefficient (Wildman–Crippen LogP) is 7.13. The van der Waals surface area contributed by atoms with E-state index in [4.69, 9.17) is 0 Å². The Morgan fingerprint density at radius 3 is 2.11 bits per heavy atom. The maximum Gasteiger partial charge on any atom is 0.0532 e. The van der Waals surface area contributed by atoms with Crippen molar-refractivity contribution in [3.05, 3.63) is 103 Å². The van der Waals surface area contributed by atoms with Crippen molar-refractivity contribution in [3.8, 4) is 5.69 Å². The van der Waals surface area contributed by atoms with Crippen LogP contribution in [0.15, 0.2) is 97.6 Å². The minimum atomic E-state index is 1.00. The second-order valence-electron chi connectivity index (χ2n) is 6.33. The summed E-state index contributed by atoms with van der Waals surface area (Å²) in [5, 5.41) is 4.73. The van der Waals surface area contributed by atoms with Gasteiger partial charge in [-0.3, -0.25) is 0 Å². The number of rotatable bonds is 4. The molecule has 0 atom stereocenters. The molecule has 0 amide bonds. The molecule has 0 spiro atoms. The molecule has 2 nitrogen and oxygen atoms in total. The first-order chi connectivity index (χ1) is 13.3. The monoisotopic (exact) mass is 354 g/mol. The third-order valence-corrected chi connectivity index (χ3v) is 4.32. The number of aryl methyl sites for hydroxylation is 1. The quantitative estimate of drug-likeness (QED) is 0.386. The summed E-state index contributed by atoms with van der Waals surface area (Å²) in [4.78, 5) is 0. The molecule has 0 saturated heterocycles. The molecule has 0 aliphatic rings. The zero-order valence-corrected chi connectivity index (χ0v) is 16.0. The number of nitrogens with zero attached hydrogens (tertiary/aromatic N) is 1. The van der Waals surface area contributed by atoms with Gasteiger partial charge in [-0.25, -0.2) is 0 Å². The molecule has 1 N–H and O–H groups in total. The Labute approximate surface area is 161 Å². The lowest BCUT2D eigenvalue weighted by molar-refractivity contribution is 0.961. The number of para-hydroxylation sites is 2. The van der Waals surface area contributed by atoms with Crippen LogP contribution >= 0.6 is 0 Å². The predicted molar refractivity (Wildman–Crippen MR) is 118 cm³/mol. The molecular formula is C25H26N2. The molecule has 0 saturated carbocycles. The summed E-state index contributed by atoms with van der Waals surface area (Å²) in [5.74, 6) is 0. The summed E-state index contributed by atoms with van der Waals surface area (Å²) < 4.78 is 2.35. The molecule has 4 aromatic rings. The Kier molecular flexibility index (Phi) is 6.11. The van der Waals surface area contributed by atoms with Crippen molar-refractivity contribution >= 4 is 22.3 Å². The highest BCUT2D eigenvalue weighted by atomic mass is 15.0. The van der Waals surface area contributed by atoms with E-state index in [-0.39, 0.29) is 0 Å². The largest absolute Gasteiger partial charge is 0.356 e. The summed E-state index contributed by atoms with van der Waals surface area (Å²) in [6, 6.07) is 29.7. The smallest absolute Gasteiger partial charge is 0.0532 e. The minimum Gasteiger partial charge on any atom is -0.356 e. The molecular weight excluding hydrogens is 328 g/mol. The first kappa shape index (κ1) is 18.5. The Morgan fingerprint density at radius 1 is 0.852 bits per heavy atom. The maximum atomic E-state index is 3.47. The van der Waals surface area contributed by atoms with Gasteiger partial charge in [0.25, 0.3) is 0 Å². The SMILES string of the molecule is C=CC.CCc1cc2cc(Nc3ccccc3)ccc2n1-c1ccccc1. The average molecular weight is 354 g/mol. The third kappa shape index (κ3) is 4.29. The number of hydrogen-bond donors (Lipinski definition) is 1. The molecule has 2 heteroatoms. The van der Waals surface area contributed by atoms with Gasteiger partial charge in [-0.2, -0.15) is 0 Å². The van der Waals surface area contributed by atoms with Crippen molar-refractivity contribution in [1.82, 2.24) is 4.57 Å². The Bertz CT molecular complexity index is 999. The van der Waals surface area contributed by atoms with Crippen LogP contribution in [-0.4, -0.2) is 4.57 Å². The number of anilines is 2. The van der Waals surface area contributed by atoms with Crippen molar-refractivity contribution < 1.29 is 0 Å². The van der Waals surface area contributed by atoms with E-state index in [9.17, 15) is 0 Å². The van der Waals surface area contributed by atoms with Crippen molar-refractivity contribution in [2.24, 2.45) is 0 Å². The molecule has 0 aliphatic heterocycles. The summed E-state index contributed by atoms with van der Waals surface area (Å²) in [6.07, 6.45) is 2.75. The van der Waals surface area contributed by atoms with Gasteiger partial charge >= 0.3 is 0 Å². The molecule has 1 aromatic heterocycles. The first-order valence-electron chi connectivity index (χ1n) is 9.35. The van der Waals surface area contributed by atoms with Crippen LogP contribution in [0.3, 0.4) is 0 Å².